The summed E-state index contributed by atoms with van der Waals surface area (Å²) in [6.45, 7) is -0.937. The molecule has 9 heteroatoms. The molecule has 2 aromatic carbocycles. The standard InChI is InChI=1S/C20H16N4O5/c25-16-11-22(15-9-5-4-8-14(15)21-16)17(26)12-24-19(28)18(27)23(20(24)29)10-13-6-2-1-3-7-13/h1-9H,10-12H2,(H,21,25). The van der Waals surface area contributed by atoms with E-state index in [1.165, 1.54) is 4.90 Å². The van der Waals surface area contributed by atoms with Crippen LogP contribution >= 0.6 is 0 Å². The second-order valence-corrected chi connectivity index (χ2v) is 6.60. The van der Waals surface area contributed by atoms with Crippen LogP contribution in [0, 0.1) is 0 Å². The van der Waals surface area contributed by atoms with Crippen LogP contribution in [0.5, 0.6) is 0 Å². The molecule has 2 heterocycles. The van der Waals surface area contributed by atoms with Crippen LogP contribution in [0.15, 0.2) is 54.6 Å². The zero-order chi connectivity index (χ0) is 20.5. The van der Waals surface area contributed by atoms with Crippen molar-refractivity contribution in [1.29, 1.82) is 0 Å². The summed E-state index contributed by atoms with van der Waals surface area (Å²) in [6.07, 6.45) is 0. The summed E-state index contributed by atoms with van der Waals surface area (Å²) in [5.41, 5.74) is 1.60. The first-order valence-corrected chi connectivity index (χ1v) is 8.86. The minimum atomic E-state index is -1.06. The van der Waals surface area contributed by atoms with Gasteiger partial charge < -0.3 is 5.32 Å². The Kier molecular flexibility index (Phi) is 4.55. The largest absolute Gasteiger partial charge is 0.335 e. The van der Waals surface area contributed by atoms with Crippen LogP contribution in [0.4, 0.5) is 16.2 Å². The van der Waals surface area contributed by atoms with Crippen molar-refractivity contribution in [2.45, 2.75) is 6.54 Å². The number of imide groups is 2. The van der Waals surface area contributed by atoms with E-state index in [1.54, 1.807) is 54.6 Å². The summed E-state index contributed by atoms with van der Waals surface area (Å²) in [5, 5.41) is 2.65. The van der Waals surface area contributed by atoms with Gasteiger partial charge in [0.25, 0.3) is 0 Å². The van der Waals surface area contributed by atoms with Crippen LogP contribution in [-0.4, -0.2) is 52.5 Å². The number of benzene rings is 2. The predicted molar refractivity (Wildman–Crippen MR) is 102 cm³/mol. The van der Waals surface area contributed by atoms with Crippen LogP contribution in [0.1, 0.15) is 5.56 Å². The number of fused-ring (bicyclic) bond motifs is 1. The molecule has 1 saturated heterocycles. The molecule has 0 saturated carbocycles. The molecule has 1 fully saturated rings. The molecule has 0 aromatic heterocycles. The van der Waals surface area contributed by atoms with E-state index in [4.69, 9.17) is 0 Å². The van der Waals surface area contributed by atoms with Gasteiger partial charge in [-0.1, -0.05) is 42.5 Å². The van der Waals surface area contributed by atoms with Gasteiger partial charge in [0, 0.05) is 0 Å². The highest BCUT2D eigenvalue weighted by Crippen LogP contribution is 2.29. The predicted octanol–water partition coefficient (Wildman–Crippen LogP) is 0.963. The Hall–Kier alpha value is -4.01. The summed E-state index contributed by atoms with van der Waals surface area (Å²) in [4.78, 5) is 64.5. The quantitative estimate of drug-likeness (QED) is 0.616. The van der Waals surface area contributed by atoms with E-state index >= 15 is 0 Å². The van der Waals surface area contributed by atoms with Crippen molar-refractivity contribution >= 4 is 41.0 Å². The number of carbonyl (C=O) groups is 5. The summed E-state index contributed by atoms with van der Waals surface area (Å²) in [5.74, 6) is -3.07. The fourth-order valence-electron chi connectivity index (χ4n) is 3.27. The third-order valence-corrected chi connectivity index (χ3v) is 4.68. The first-order chi connectivity index (χ1) is 14.0. The molecule has 146 valence electrons. The molecule has 2 aliphatic rings. The highest BCUT2D eigenvalue weighted by atomic mass is 16.2. The van der Waals surface area contributed by atoms with Gasteiger partial charge in [0.1, 0.15) is 13.1 Å². The molecule has 4 rings (SSSR count). The van der Waals surface area contributed by atoms with Crippen molar-refractivity contribution in [3.05, 3.63) is 60.2 Å². The van der Waals surface area contributed by atoms with E-state index < -0.39 is 36.2 Å². The Morgan fingerprint density at radius 1 is 0.862 bits per heavy atom. The monoisotopic (exact) mass is 392 g/mol. The van der Waals surface area contributed by atoms with Crippen molar-refractivity contribution in [3.63, 3.8) is 0 Å². The van der Waals surface area contributed by atoms with Crippen LogP contribution in [0.2, 0.25) is 0 Å². The first-order valence-electron chi connectivity index (χ1n) is 8.86. The Morgan fingerprint density at radius 2 is 1.52 bits per heavy atom. The second-order valence-electron chi connectivity index (χ2n) is 6.60. The molecule has 2 aliphatic heterocycles. The van der Waals surface area contributed by atoms with Gasteiger partial charge in [-0.05, 0) is 17.7 Å². The van der Waals surface area contributed by atoms with Crippen LogP contribution < -0.4 is 10.2 Å². The zero-order valence-electron chi connectivity index (χ0n) is 15.2. The number of para-hydroxylation sites is 2. The van der Waals surface area contributed by atoms with Crippen LogP contribution in [-0.2, 0) is 25.7 Å². The van der Waals surface area contributed by atoms with E-state index in [1.807, 2.05) is 0 Å². The van der Waals surface area contributed by atoms with Crippen molar-refractivity contribution in [1.82, 2.24) is 9.80 Å². The number of hydrogen-bond acceptors (Lipinski definition) is 5. The Labute approximate surface area is 165 Å². The van der Waals surface area contributed by atoms with Crippen molar-refractivity contribution in [2.24, 2.45) is 0 Å². The van der Waals surface area contributed by atoms with Gasteiger partial charge in [-0.15, -0.1) is 0 Å². The Bertz CT molecular complexity index is 1040. The number of rotatable bonds is 4. The van der Waals surface area contributed by atoms with E-state index in [9.17, 15) is 24.0 Å². The average molecular weight is 392 g/mol. The number of anilines is 2. The molecular formula is C20H16N4O5. The van der Waals surface area contributed by atoms with Gasteiger partial charge >= 0.3 is 17.8 Å². The molecule has 0 radical (unpaired) electrons. The molecule has 9 nitrogen and oxygen atoms in total. The Balaban J connectivity index is 1.53. The third kappa shape index (κ3) is 3.33. The summed E-state index contributed by atoms with van der Waals surface area (Å²) in [7, 11) is 0. The SMILES string of the molecule is O=C1CN(C(=O)CN2C(=O)C(=O)N(Cc3ccccc3)C2=O)c2ccccc2N1. The molecule has 0 aliphatic carbocycles. The maximum absolute atomic E-state index is 12.8. The minimum Gasteiger partial charge on any atom is -0.323 e. The fourth-order valence-corrected chi connectivity index (χ4v) is 3.27. The lowest BCUT2D eigenvalue weighted by Crippen LogP contribution is -2.48. The van der Waals surface area contributed by atoms with E-state index in [0.717, 1.165) is 4.90 Å². The summed E-state index contributed by atoms with van der Waals surface area (Å²) in [6, 6.07) is 14.6. The molecule has 2 aromatic rings. The summed E-state index contributed by atoms with van der Waals surface area (Å²) >= 11 is 0. The molecule has 29 heavy (non-hydrogen) atoms. The van der Waals surface area contributed by atoms with Crippen LogP contribution in [0.25, 0.3) is 0 Å². The number of nitrogens with zero attached hydrogens (tertiary/aromatic N) is 3. The number of hydrogen-bond donors (Lipinski definition) is 1. The molecule has 0 spiro atoms. The van der Waals surface area contributed by atoms with Gasteiger partial charge in [-0.3, -0.25) is 29.0 Å². The van der Waals surface area contributed by atoms with E-state index in [0.29, 0.717) is 21.8 Å². The molecular weight excluding hydrogens is 376 g/mol. The third-order valence-electron chi connectivity index (χ3n) is 4.68. The topological polar surface area (TPSA) is 107 Å². The van der Waals surface area contributed by atoms with E-state index in [-0.39, 0.29) is 13.1 Å². The smallest absolute Gasteiger partial charge is 0.323 e. The lowest BCUT2D eigenvalue weighted by atomic mass is 10.2. The summed E-state index contributed by atoms with van der Waals surface area (Å²) < 4.78 is 0. The Morgan fingerprint density at radius 3 is 2.28 bits per heavy atom. The highest BCUT2D eigenvalue weighted by Gasteiger charge is 2.46. The van der Waals surface area contributed by atoms with Crippen molar-refractivity contribution < 1.29 is 24.0 Å². The maximum Gasteiger partial charge on any atom is 0.335 e. The van der Waals surface area contributed by atoms with E-state index in [2.05, 4.69) is 5.32 Å². The van der Waals surface area contributed by atoms with Gasteiger partial charge in [0.15, 0.2) is 0 Å². The van der Waals surface area contributed by atoms with Gasteiger partial charge in [-0.2, -0.15) is 0 Å². The minimum absolute atomic E-state index is 0.0656. The number of urea groups is 1. The lowest BCUT2D eigenvalue weighted by molar-refractivity contribution is -0.144. The van der Waals surface area contributed by atoms with Gasteiger partial charge in [0.05, 0.1) is 17.9 Å². The number of carbonyl (C=O) groups excluding carboxylic acids is 5. The number of amides is 6. The van der Waals surface area contributed by atoms with Crippen molar-refractivity contribution in [3.8, 4) is 0 Å². The molecule has 0 bridgehead atoms. The highest BCUT2D eigenvalue weighted by molar-refractivity contribution is 6.45. The second kappa shape index (κ2) is 7.19. The van der Waals surface area contributed by atoms with Gasteiger partial charge in [-0.25, -0.2) is 9.69 Å². The normalized spacial score (nSPS) is 16.2. The molecule has 6 amide bonds. The molecule has 0 unspecified atom stereocenters. The van der Waals surface area contributed by atoms with Gasteiger partial charge in [0.2, 0.25) is 11.8 Å². The molecule has 1 N–H and O–H groups in total. The first kappa shape index (κ1) is 18.4. The number of nitrogens with one attached hydrogen (secondary N) is 1. The molecule has 0 atom stereocenters. The fraction of sp³-hybridized carbons (Fsp3) is 0.150. The van der Waals surface area contributed by atoms with Crippen molar-refractivity contribution in [2.75, 3.05) is 23.3 Å². The van der Waals surface area contributed by atoms with Crippen LogP contribution in [0.3, 0.4) is 0 Å². The average Bonchev–Trinajstić information content (AvgIpc) is 2.92. The maximum atomic E-state index is 12.8. The lowest BCUT2D eigenvalue weighted by Gasteiger charge is -2.30. The zero-order valence-corrected chi connectivity index (χ0v) is 15.2.